The molecule has 1 fully saturated rings. The predicted octanol–water partition coefficient (Wildman–Crippen LogP) is 2.22. The summed E-state index contributed by atoms with van der Waals surface area (Å²) in [6, 6.07) is 6.45. The number of benzene rings is 1. The SMILES string of the molecule is CN1CCC(CNC(=O)CCc2cccc(F)c2)CC1. The molecule has 0 saturated carbocycles. The fraction of sp³-hybridized carbons (Fsp3) is 0.562. The lowest BCUT2D eigenvalue weighted by molar-refractivity contribution is -0.121. The van der Waals surface area contributed by atoms with E-state index in [1.165, 1.54) is 12.1 Å². The molecule has 0 aromatic heterocycles. The average Bonchev–Trinajstić information content (AvgIpc) is 2.45. The monoisotopic (exact) mass is 278 g/mol. The highest BCUT2D eigenvalue weighted by Crippen LogP contribution is 2.14. The number of likely N-dealkylation sites (tertiary alicyclic amines) is 1. The van der Waals surface area contributed by atoms with Gasteiger partial charge in [0, 0.05) is 13.0 Å². The summed E-state index contributed by atoms with van der Waals surface area (Å²) in [6.07, 6.45) is 3.33. The van der Waals surface area contributed by atoms with E-state index in [-0.39, 0.29) is 11.7 Å². The first kappa shape index (κ1) is 15.0. The quantitative estimate of drug-likeness (QED) is 0.895. The van der Waals surface area contributed by atoms with Crippen LogP contribution >= 0.6 is 0 Å². The maximum absolute atomic E-state index is 13.0. The Kier molecular flexibility index (Phi) is 5.53. The van der Waals surface area contributed by atoms with E-state index in [1.54, 1.807) is 6.07 Å². The van der Waals surface area contributed by atoms with Gasteiger partial charge < -0.3 is 10.2 Å². The van der Waals surface area contributed by atoms with Gasteiger partial charge in [-0.3, -0.25) is 4.79 Å². The molecule has 0 spiro atoms. The van der Waals surface area contributed by atoms with Gasteiger partial charge in [0.15, 0.2) is 0 Å². The zero-order valence-corrected chi connectivity index (χ0v) is 12.1. The zero-order chi connectivity index (χ0) is 14.4. The molecule has 0 bridgehead atoms. The topological polar surface area (TPSA) is 32.3 Å². The van der Waals surface area contributed by atoms with Crippen LogP contribution < -0.4 is 5.32 Å². The van der Waals surface area contributed by atoms with E-state index < -0.39 is 0 Å². The molecule has 2 rings (SSSR count). The van der Waals surface area contributed by atoms with Crippen molar-refractivity contribution in [3.8, 4) is 0 Å². The molecule has 0 unspecified atom stereocenters. The second kappa shape index (κ2) is 7.39. The van der Waals surface area contributed by atoms with Crippen molar-refractivity contribution < 1.29 is 9.18 Å². The molecule has 1 amide bonds. The standard InChI is InChI=1S/C16H23FN2O/c1-19-9-7-14(8-10-19)12-18-16(20)6-5-13-3-2-4-15(17)11-13/h2-4,11,14H,5-10,12H2,1H3,(H,18,20). The van der Waals surface area contributed by atoms with Crippen molar-refractivity contribution in [1.29, 1.82) is 0 Å². The number of amides is 1. The molecule has 0 aliphatic carbocycles. The van der Waals surface area contributed by atoms with Crippen molar-refractivity contribution in [1.82, 2.24) is 10.2 Å². The molecular formula is C16H23FN2O. The molecule has 20 heavy (non-hydrogen) atoms. The second-order valence-electron chi connectivity index (χ2n) is 5.68. The van der Waals surface area contributed by atoms with Crippen LogP contribution in [0.1, 0.15) is 24.8 Å². The molecule has 4 heteroatoms. The van der Waals surface area contributed by atoms with Gasteiger partial charge in [0.2, 0.25) is 5.91 Å². The van der Waals surface area contributed by atoms with E-state index >= 15 is 0 Å². The first-order valence-corrected chi connectivity index (χ1v) is 7.33. The van der Waals surface area contributed by atoms with Crippen molar-refractivity contribution in [3.05, 3.63) is 35.6 Å². The van der Waals surface area contributed by atoms with Crippen molar-refractivity contribution in [3.63, 3.8) is 0 Å². The van der Waals surface area contributed by atoms with Crippen LogP contribution in [0.4, 0.5) is 4.39 Å². The molecule has 0 radical (unpaired) electrons. The fourth-order valence-corrected chi connectivity index (χ4v) is 2.56. The van der Waals surface area contributed by atoms with Gasteiger partial charge in [-0.15, -0.1) is 0 Å². The smallest absolute Gasteiger partial charge is 0.220 e. The Morgan fingerprint density at radius 2 is 2.15 bits per heavy atom. The lowest BCUT2D eigenvalue weighted by atomic mass is 9.97. The minimum atomic E-state index is -0.241. The molecule has 0 atom stereocenters. The minimum absolute atomic E-state index is 0.0631. The van der Waals surface area contributed by atoms with Crippen LogP contribution in [0.5, 0.6) is 0 Å². The number of rotatable bonds is 5. The molecule has 1 heterocycles. The number of hydrogen-bond acceptors (Lipinski definition) is 2. The molecule has 1 aromatic rings. The Bertz CT molecular complexity index is 442. The Labute approximate surface area is 120 Å². The van der Waals surface area contributed by atoms with Gasteiger partial charge in [0.1, 0.15) is 5.82 Å². The number of aryl methyl sites for hydroxylation is 1. The third-order valence-corrected chi connectivity index (χ3v) is 3.96. The summed E-state index contributed by atoms with van der Waals surface area (Å²) in [6.45, 7) is 3.00. The second-order valence-corrected chi connectivity index (χ2v) is 5.68. The Hall–Kier alpha value is -1.42. The number of piperidine rings is 1. The molecule has 1 N–H and O–H groups in total. The van der Waals surface area contributed by atoms with Crippen LogP contribution in [-0.2, 0) is 11.2 Å². The van der Waals surface area contributed by atoms with Crippen LogP contribution in [0.2, 0.25) is 0 Å². The van der Waals surface area contributed by atoms with Crippen molar-refractivity contribution in [2.75, 3.05) is 26.7 Å². The highest BCUT2D eigenvalue weighted by molar-refractivity contribution is 5.76. The molecule has 1 aliphatic rings. The number of carbonyl (C=O) groups excluding carboxylic acids is 1. The van der Waals surface area contributed by atoms with Gasteiger partial charge in [-0.25, -0.2) is 4.39 Å². The normalized spacial score (nSPS) is 17.1. The lowest BCUT2D eigenvalue weighted by Gasteiger charge is -2.28. The Morgan fingerprint density at radius 3 is 2.85 bits per heavy atom. The lowest BCUT2D eigenvalue weighted by Crippen LogP contribution is -2.36. The summed E-state index contributed by atoms with van der Waals surface area (Å²) in [5, 5.41) is 3.00. The average molecular weight is 278 g/mol. The van der Waals surface area contributed by atoms with E-state index in [2.05, 4.69) is 17.3 Å². The van der Waals surface area contributed by atoms with Gasteiger partial charge in [-0.2, -0.15) is 0 Å². The van der Waals surface area contributed by atoms with Crippen molar-refractivity contribution >= 4 is 5.91 Å². The maximum atomic E-state index is 13.0. The summed E-state index contributed by atoms with van der Waals surface area (Å²) in [5.74, 6) is 0.423. The molecular weight excluding hydrogens is 255 g/mol. The van der Waals surface area contributed by atoms with E-state index in [9.17, 15) is 9.18 Å². The van der Waals surface area contributed by atoms with Crippen LogP contribution in [0, 0.1) is 11.7 Å². The van der Waals surface area contributed by atoms with Gasteiger partial charge in [0.05, 0.1) is 0 Å². The summed E-state index contributed by atoms with van der Waals surface area (Å²) in [4.78, 5) is 14.1. The van der Waals surface area contributed by atoms with E-state index in [0.717, 1.165) is 38.0 Å². The van der Waals surface area contributed by atoms with Crippen LogP contribution in [0.15, 0.2) is 24.3 Å². The summed E-state index contributed by atoms with van der Waals surface area (Å²) in [7, 11) is 2.13. The number of hydrogen-bond donors (Lipinski definition) is 1. The number of nitrogens with one attached hydrogen (secondary N) is 1. The fourth-order valence-electron chi connectivity index (χ4n) is 2.56. The van der Waals surface area contributed by atoms with Gasteiger partial charge in [-0.1, -0.05) is 12.1 Å². The maximum Gasteiger partial charge on any atom is 0.220 e. The number of carbonyl (C=O) groups is 1. The highest BCUT2D eigenvalue weighted by atomic mass is 19.1. The van der Waals surface area contributed by atoms with Crippen molar-refractivity contribution in [2.24, 2.45) is 5.92 Å². The summed E-state index contributed by atoms with van der Waals surface area (Å²) < 4.78 is 13.0. The Morgan fingerprint density at radius 1 is 1.40 bits per heavy atom. The highest BCUT2D eigenvalue weighted by Gasteiger charge is 2.16. The third-order valence-electron chi connectivity index (χ3n) is 3.96. The van der Waals surface area contributed by atoms with E-state index in [4.69, 9.17) is 0 Å². The molecule has 1 saturated heterocycles. The van der Waals surface area contributed by atoms with Crippen molar-refractivity contribution in [2.45, 2.75) is 25.7 Å². The predicted molar refractivity (Wildman–Crippen MR) is 78.0 cm³/mol. The number of halogens is 1. The van der Waals surface area contributed by atoms with Crippen LogP contribution in [0.3, 0.4) is 0 Å². The minimum Gasteiger partial charge on any atom is -0.356 e. The Balaban J connectivity index is 1.65. The van der Waals surface area contributed by atoms with Crippen LogP contribution in [-0.4, -0.2) is 37.5 Å². The number of nitrogens with zero attached hydrogens (tertiary/aromatic N) is 1. The molecule has 1 aromatic carbocycles. The summed E-state index contributed by atoms with van der Waals surface area (Å²) >= 11 is 0. The van der Waals surface area contributed by atoms with Gasteiger partial charge in [0.25, 0.3) is 0 Å². The van der Waals surface area contributed by atoms with E-state index in [1.807, 2.05) is 6.07 Å². The first-order valence-electron chi connectivity index (χ1n) is 7.33. The summed E-state index contributed by atoms with van der Waals surface area (Å²) in [5.41, 5.74) is 0.874. The third kappa shape index (κ3) is 4.93. The van der Waals surface area contributed by atoms with Crippen LogP contribution in [0.25, 0.3) is 0 Å². The molecule has 110 valence electrons. The van der Waals surface area contributed by atoms with Gasteiger partial charge >= 0.3 is 0 Å². The van der Waals surface area contributed by atoms with E-state index in [0.29, 0.717) is 18.8 Å². The first-order chi connectivity index (χ1) is 9.63. The van der Waals surface area contributed by atoms with Gasteiger partial charge in [-0.05, 0) is 63.0 Å². The largest absolute Gasteiger partial charge is 0.356 e. The molecule has 3 nitrogen and oxygen atoms in total. The zero-order valence-electron chi connectivity index (χ0n) is 12.1. The molecule has 1 aliphatic heterocycles.